The van der Waals surface area contributed by atoms with Crippen LogP contribution in [0.15, 0.2) is 54.6 Å². The van der Waals surface area contributed by atoms with Crippen LogP contribution in [0.2, 0.25) is 0 Å². The van der Waals surface area contributed by atoms with Crippen molar-refractivity contribution in [1.82, 2.24) is 0 Å². The van der Waals surface area contributed by atoms with Gasteiger partial charge in [-0.2, -0.15) is 0 Å². The van der Waals surface area contributed by atoms with Gasteiger partial charge in [0.25, 0.3) is 0 Å². The molecular weight excluding hydrogens is 509 g/mol. The predicted octanol–water partition coefficient (Wildman–Crippen LogP) is 2.34. The number of likely N-dealkylation sites (N-methyl/N-ethyl adjacent to an activating group) is 1. The number of likely N-dealkylation sites (tertiary alicyclic amines) is 1. The molecule has 5 atom stereocenters. The molecule has 1 aliphatic heterocycles. The van der Waals surface area contributed by atoms with E-state index in [0.717, 1.165) is 74.5 Å². The van der Waals surface area contributed by atoms with Crippen LogP contribution in [0.1, 0.15) is 62.5 Å². The fourth-order valence-electron chi connectivity index (χ4n) is 7.05. The number of piperidine rings is 1. The summed E-state index contributed by atoms with van der Waals surface area (Å²) in [6.07, 6.45) is 7.94. The first-order valence-corrected chi connectivity index (χ1v) is 13.0. The van der Waals surface area contributed by atoms with Gasteiger partial charge in [-0.15, -0.1) is 0 Å². The highest BCUT2D eigenvalue weighted by molar-refractivity contribution is 5.82. The Kier molecular flexibility index (Phi) is 8.04. The quantitative estimate of drug-likeness (QED) is 0.344. The van der Waals surface area contributed by atoms with Crippen LogP contribution < -0.4 is 17.0 Å². The van der Waals surface area contributed by atoms with Crippen molar-refractivity contribution >= 4 is 5.97 Å². The molecule has 4 nitrogen and oxygen atoms in total. The van der Waals surface area contributed by atoms with E-state index in [9.17, 15) is 14.3 Å². The van der Waals surface area contributed by atoms with Crippen LogP contribution in [0.5, 0.6) is 0 Å². The van der Waals surface area contributed by atoms with Crippen LogP contribution >= 0.6 is 0 Å². The van der Waals surface area contributed by atoms with Crippen molar-refractivity contribution in [2.45, 2.75) is 75.7 Å². The Labute approximate surface area is 218 Å². The smallest absolute Gasteiger partial charge is 0.343 e. The Morgan fingerprint density at radius 1 is 1.00 bits per heavy atom. The van der Waals surface area contributed by atoms with Gasteiger partial charge in [0.1, 0.15) is 18.4 Å². The highest BCUT2D eigenvalue weighted by Crippen LogP contribution is 2.47. The highest BCUT2D eigenvalue weighted by Gasteiger charge is 2.59. The molecule has 1 saturated heterocycles. The number of aliphatic hydroxyl groups is 1. The first-order valence-electron chi connectivity index (χ1n) is 13.0. The SMILES string of the molecule is C[N+]1(Cc2ccc(F)cc2)CC2CC[C@H]1C2OC(=O)C(O)(c1ccccc1)C1CCCCCC1.[Br-]. The van der Waals surface area contributed by atoms with Crippen LogP contribution in [-0.4, -0.2) is 41.3 Å². The molecule has 4 unspecified atom stereocenters. The molecular formula is C29H37BrFNO3. The molecule has 190 valence electrons. The van der Waals surface area contributed by atoms with E-state index in [0.29, 0.717) is 11.5 Å². The molecule has 0 spiro atoms. The van der Waals surface area contributed by atoms with Gasteiger partial charge in [0.15, 0.2) is 11.7 Å². The molecule has 0 amide bonds. The van der Waals surface area contributed by atoms with E-state index in [4.69, 9.17) is 4.74 Å². The molecule has 6 heteroatoms. The van der Waals surface area contributed by atoms with Crippen LogP contribution in [0.3, 0.4) is 0 Å². The van der Waals surface area contributed by atoms with Crippen LogP contribution in [0.25, 0.3) is 0 Å². The number of esters is 1. The summed E-state index contributed by atoms with van der Waals surface area (Å²) in [4.78, 5) is 13.8. The number of rotatable bonds is 6. The number of ether oxygens (including phenoxy) is 1. The number of nitrogens with zero attached hydrogens (tertiary/aromatic N) is 1. The Hall–Kier alpha value is -1.76. The lowest BCUT2D eigenvalue weighted by atomic mass is 9.77. The number of hydrogen-bond donors (Lipinski definition) is 1. The number of hydrogen-bond acceptors (Lipinski definition) is 3. The van der Waals surface area contributed by atoms with Crippen molar-refractivity contribution in [1.29, 1.82) is 0 Å². The maximum atomic E-state index is 13.8. The summed E-state index contributed by atoms with van der Waals surface area (Å²) in [5.74, 6) is -0.514. The Balaban J connectivity index is 0.00000289. The molecule has 2 aromatic carbocycles. The van der Waals surface area contributed by atoms with Crippen molar-refractivity contribution in [2.75, 3.05) is 13.6 Å². The van der Waals surface area contributed by atoms with Crippen molar-refractivity contribution < 1.29 is 40.5 Å². The predicted molar refractivity (Wildman–Crippen MR) is 129 cm³/mol. The standard InChI is InChI=1S/C29H37FNO3.BrH/c1-31(19-21-13-16-25(30)17-14-21)20-22-15-18-26(31)27(22)34-28(32)29(33,24-11-7-4-8-12-24)23-9-5-2-3-6-10-23;/h4,7-8,11-14,16-17,22-23,26-27,33H,2-3,5-6,9-10,15,18-20H2,1H3;1H/q+1;/p-1/t22?,26-,27?,29?,31?;/m0./s1. The van der Waals surface area contributed by atoms with Gasteiger partial charge >= 0.3 is 5.97 Å². The normalized spacial score (nSPS) is 30.2. The van der Waals surface area contributed by atoms with Crippen molar-refractivity contribution in [2.24, 2.45) is 11.8 Å². The van der Waals surface area contributed by atoms with Crippen molar-refractivity contribution in [3.05, 3.63) is 71.5 Å². The van der Waals surface area contributed by atoms with E-state index in [1.807, 2.05) is 42.5 Å². The molecule has 35 heavy (non-hydrogen) atoms. The van der Waals surface area contributed by atoms with Crippen molar-refractivity contribution in [3.63, 3.8) is 0 Å². The summed E-state index contributed by atoms with van der Waals surface area (Å²) >= 11 is 0. The summed E-state index contributed by atoms with van der Waals surface area (Å²) in [6, 6.07) is 16.4. The fraction of sp³-hybridized carbons (Fsp3) is 0.552. The van der Waals surface area contributed by atoms with E-state index in [1.54, 1.807) is 0 Å². The lowest BCUT2D eigenvalue weighted by Gasteiger charge is -2.39. The van der Waals surface area contributed by atoms with Gasteiger partial charge in [-0.05, 0) is 37.0 Å². The lowest BCUT2D eigenvalue weighted by Crippen LogP contribution is -3.00. The zero-order valence-electron chi connectivity index (χ0n) is 20.5. The van der Waals surface area contributed by atoms with Crippen LogP contribution in [0, 0.1) is 17.7 Å². The maximum absolute atomic E-state index is 13.8. The van der Waals surface area contributed by atoms with Crippen LogP contribution in [-0.2, 0) is 21.7 Å². The molecule has 1 N–H and O–H groups in total. The molecule has 2 saturated carbocycles. The summed E-state index contributed by atoms with van der Waals surface area (Å²) in [7, 11) is 2.22. The maximum Gasteiger partial charge on any atom is 0.343 e. The first kappa shape index (κ1) is 26.3. The third-order valence-electron chi connectivity index (χ3n) is 8.80. The minimum absolute atomic E-state index is 0. The molecule has 1 heterocycles. The third-order valence-corrected chi connectivity index (χ3v) is 8.80. The van der Waals surface area contributed by atoms with Gasteiger partial charge in [-0.1, -0.05) is 68.1 Å². The number of benzene rings is 2. The Morgan fingerprint density at radius 2 is 1.66 bits per heavy atom. The van der Waals surface area contributed by atoms with Gasteiger partial charge in [0.2, 0.25) is 0 Å². The molecule has 0 radical (unpaired) electrons. The average molecular weight is 547 g/mol. The van der Waals surface area contributed by atoms with Crippen LogP contribution in [0.4, 0.5) is 4.39 Å². The number of carbonyl (C=O) groups is 1. The van der Waals surface area contributed by atoms with E-state index >= 15 is 0 Å². The third kappa shape index (κ3) is 5.07. The fourth-order valence-corrected chi connectivity index (χ4v) is 7.05. The molecule has 0 aromatic heterocycles. The topological polar surface area (TPSA) is 46.5 Å². The van der Waals surface area contributed by atoms with Gasteiger partial charge in [-0.25, -0.2) is 9.18 Å². The summed E-state index contributed by atoms with van der Waals surface area (Å²) < 4.78 is 20.5. The monoisotopic (exact) mass is 545 g/mol. The van der Waals surface area contributed by atoms with Gasteiger partial charge in [0.05, 0.1) is 19.5 Å². The minimum Gasteiger partial charge on any atom is -1.00 e. The van der Waals surface area contributed by atoms with Gasteiger partial charge < -0.3 is 31.3 Å². The second-order valence-corrected chi connectivity index (χ2v) is 11.0. The van der Waals surface area contributed by atoms with E-state index in [2.05, 4.69) is 7.05 Å². The molecule has 3 fully saturated rings. The molecule has 2 aliphatic carbocycles. The first-order chi connectivity index (χ1) is 16.4. The molecule has 2 bridgehead atoms. The largest absolute Gasteiger partial charge is 1.00 e. The summed E-state index contributed by atoms with van der Waals surface area (Å²) in [5.41, 5.74) is 0.148. The van der Waals surface area contributed by atoms with Crippen molar-refractivity contribution in [3.8, 4) is 0 Å². The number of carbonyl (C=O) groups excluding carboxylic acids is 1. The van der Waals surface area contributed by atoms with Gasteiger partial charge in [-0.3, -0.25) is 0 Å². The van der Waals surface area contributed by atoms with E-state index in [-0.39, 0.29) is 40.9 Å². The number of quaternary nitrogens is 1. The zero-order chi connectivity index (χ0) is 23.8. The lowest BCUT2D eigenvalue weighted by molar-refractivity contribution is -0.939. The molecule has 5 rings (SSSR count). The molecule has 2 aromatic rings. The van der Waals surface area contributed by atoms with E-state index in [1.165, 1.54) is 12.1 Å². The minimum atomic E-state index is -1.60. The highest BCUT2D eigenvalue weighted by atomic mass is 79.9. The number of halogens is 2. The van der Waals surface area contributed by atoms with Gasteiger partial charge in [0, 0.05) is 17.9 Å². The Morgan fingerprint density at radius 3 is 2.31 bits per heavy atom. The second-order valence-electron chi connectivity index (χ2n) is 11.0. The zero-order valence-corrected chi connectivity index (χ0v) is 22.1. The summed E-state index contributed by atoms with van der Waals surface area (Å²) in [5, 5.41) is 12.0. The average Bonchev–Trinajstić information content (AvgIpc) is 3.19. The summed E-state index contributed by atoms with van der Waals surface area (Å²) in [6.45, 7) is 1.73. The van der Waals surface area contributed by atoms with E-state index < -0.39 is 11.6 Å². The Bertz CT molecular complexity index is 995. The number of fused-ring (bicyclic) bond motifs is 2. The second kappa shape index (κ2) is 10.7. The molecule has 3 aliphatic rings.